The summed E-state index contributed by atoms with van der Waals surface area (Å²) in [5.74, 6) is -0.374. The van der Waals surface area contributed by atoms with Crippen molar-refractivity contribution in [3.05, 3.63) is 63.9 Å². The second-order valence-corrected chi connectivity index (χ2v) is 6.61. The molecule has 106 valence electrons. The molecule has 0 aliphatic rings. The van der Waals surface area contributed by atoms with Crippen molar-refractivity contribution < 1.29 is 12.8 Å². The first-order valence-electron chi connectivity index (χ1n) is 5.58. The Morgan fingerprint density at radius 3 is 2.25 bits per heavy atom. The van der Waals surface area contributed by atoms with Gasteiger partial charge in [-0.2, -0.15) is 0 Å². The quantitative estimate of drug-likeness (QED) is 0.928. The third-order valence-corrected chi connectivity index (χ3v) is 4.72. The topological polar surface area (TPSA) is 46.2 Å². The van der Waals surface area contributed by atoms with Crippen LogP contribution in [0.15, 0.2) is 47.4 Å². The van der Waals surface area contributed by atoms with E-state index in [4.69, 9.17) is 23.2 Å². The van der Waals surface area contributed by atoms with Crippen LogP contribution in [0, 0.1) is 5.82 Å². The van der Waals surface area contributed by atoms with E-state index in [1.807, 2.05) is 0 Å². The third kappa shape index (κ3) is 3.70. The van der Waals surface area contributed by atoms with Crippen LogP contribution >= 0.6 is 23.2 Å². The number of hydrogen-bond acceptors (Lipinski definition) is 2. The van der Waals surface area contributed by atoms with Crippen LogP contribution in [0.25, 0.3) is 0 Å². The molecule has 1 N–H and O–H groups in total. The molecule has 20 heavy (non-hydrogen) atoms. The van der Waals surface area contributed by atoms with Gasteiger partial charge in [-0.25, -0.2) is 17.5 Å². The van der Waals surface area contributed by atoms with Crippen LogP contribution in [0.1, 0.15) is 5.56 Å². The number of halogens is 3. The molecule has 0 saturated heterocycles. The minimum Gasteiger partial charge on any atom is -0.207 e. The predicted molar refractivity (Wildman–Crippen MR) is 76.9 cm³/mol. The minimum atomic E-state index is -3.69. The highest BCUT2D eigenvalue weighted by molar-refractivity contribution is 7.89. The van der Waals surface area contributed by atoms with Crippen molar-refractivity contribution >= 4 is 33.2 Å². The average Bonchev–Trinajstić information content (AvgIpc) is 2.41. The maximum absolute atomic E-state index is 12.7. The smallest absolute Gasteiger partial charge is 0.207 e. The highest BCUT2D eigenvalue weighted by Gasteiger charge is 2.15. The molecule has 2 rings (SSSR count). The van der Waals surface area contributed by atoms with E-state index in [-0.39, 0.29) is 27.3 Å². The number of benzene rings is 2. The largest absolute Gasteiger partial charge is 0.240 e. The van der Waals surface area contributed by atoms with Gasteiger partial charge in [0.15, 0.2) is 0 Å². The lowest BCUT2D eigenvalue weighted by molar-refractivity contribution is 0.581. The summed E-state index contributed by atoms with van der Waals surface area (Å²) >= 11 is 11.5. The molecule has 0 spiro atoms. The summed E-state index contributed by atoms with van der Waals surface area (Å²) in [4.78, 5) is 0.0222. The Labute approximate surface area is 126 Å². The molecule has 0 saturated carbocycles. The first kappa shape index (κ1) is 15.3. The highest BCUT2D eigenvalue weighted by atomic mass is 35.5. The van der Waals surface area contributed by atoms with Crippen molar-refractivity contribution in [3.63, 3.8) is 0 Å². The average molecular weight is 334 g/mol. The Balaban J connectivity index is 2.14. The first-order chi connectivity index (χ1) is 9.38. The van der Waals surface area contributed by atoms with E-state index in [0.29, 0.717) is 5.56 Å². The molecule has 0 radical (unpaired) electrons. The molecule has 3 nitrogen and oxygen atoms in total. The molecule has 0 aromatic heterocycles. The fourth-order valence-corrected chi connectivity index (χ4v) is 2.91. The normalized spacial score (nSPS) is 11.6. The monoisotopic (exact) mass is 333 g/mol. The second-order valence-electron chi connectivity index (χ2n) is 4.03. The van der Waals surface area contributed by atoms with Gasteiger partial charge in [0.2, 0.25) is 10.0 Å². The van der Waals surface area contributed by atoms with Gasteiger partial charge in [0, 0.05) is 6.54 Å². The van der Waals surface area contributed by atoms with Gasteiger partial charge in [0.1, 0.15) is 5.82 Å². The minimum absolute atomic E-state index is 0.0222. The summed E-state index contributed by atoms with van der Waals surface area (Å²) in [6.07, 6.45) is 0. The van der Waals surface area contributed by atoms with Crippen molar-refractivity contribution in [3.8, 4) is 0 Å². The zero-order valence-corrected chi connectivity index (χ0v) is 12.4. The SMILES string of the molecule is O=S(=O)(NCc1ccc(F)cc1)c1ccc(Cl)c(Cl)c1. The summed E-state index contributed by atoms with van der Waals surface area (Å²) < 4.78 is 39.2. The molecule has 0 atom stereocenters. The molecule has 0 fully saturated rings. The molecule has 7 heteroatoms. The van der Waals surface area contributed by atoms with Gasteiger partial charge in [0.25, 0.3) is 0 Å². The number of hydrogen-bond donors (Lipinski definition) is 1. The lowest BCUT2D eigenvalue weighted by atomic mass is 10.2. The lowest BCUT2D eigenvalue weighted by Crippen LogP contribution is -2.23. The van der Waals surface area contributed by atoms with Crippen molar-refractivity contribution in [2.75, 3.05) is 0 Å². The van der Waals surface area contributed by atoms with Crippen molar-refractivity contribution in [2.24, 2.45) is 0 Å². The van der Waals surface area contributed by atoms with E-state index in [2.05, 4.69) is 4.72 Å². The maximum atomic E-state index is 12.7. The van der Waals surface area contributed by atoms with E-state index >= 15 is 0 Å². The molecule has 0 bridgehead atoms. The molecule has 2 aromatic rings. The standard InChI is InChI=1S/C13H10Cl2FNO2S/c14-12-6-5-11(7-13(12)15)20(18,19)17-8-9-1-3-10(16)4-2-9/h1-7,17H,8H2. The lowest BCUT2D eigenvalue weighted by Gasteiger charge is -2.07. The van der Waals surface area contributed by atoms with E-state index in [0.717, 1.165) is 0 Å². The van der Waals surface area contributed by atoms with Crippen LogP contribution in [0.5, 0.6) is 0 Å². The van der Waals surface area contributed by atoms with E-state index in [1.54, 1.807) is 0 Å². The molecular formula is C13H10Cl2FNO2S. The zero-order valence-electron chi connectivity index (χ0n) is 10.1. The molecule has 0 aliphatic heterocycles. The van der Waals surface area contributed by atoms with Gasteiger partial charge < -0.3 is 0 Å². The third-order valence-electron chi connectivity index (χ3n) is 2.58. The van der Waals surface area contributed by atoms with Crippen molar-refractivity contribution in [1.82, 2.24) is 4.72 Å². The molecule has 0 aliphatic carbocycles. The molecule has 0 amide bonds. The van der Waals surface area contributed by atoms with E-state index in [1.165, 1.54) is 42.5 Å². The van der Waals surface area contributed by atoms with Gasteiger partial charge in [-0.05, 0) is 35.9 Å². The van der Waals surface area contributed by atoms with Crippen LogP contribution in [0.4, 0.5) is 4.39 Å². The van der Waals surface area contributed by atoms with Gasteiger partial charge in [-0.1, -0.05) is 35.3 Å². The van der Waals surface area contributed by atoms with Crippen molar-refractivity contribution in [2.45, 2.75) is 11.4 Å². The molecule has 0 unspecified atom stereocenters. The Kier molecular flexibility index (Phi) is 4.65. The summed E-state index contributed by atoms with van der Waals surface area (Å²) in [7, 11) is -3.69. The van der Waals surface area contributed by atoms with Crippen LogP contribution in [-0.4, -0.2) is 8.42 Å². The first-order valence-corrected chi connectivity index (χ1v) is 7.81. The fraction of sp³-hybridized carbons (Fsp3) is 0.0769. The molecular weight excluding hydrogens is 324 g/mol. The number of nitrogens with one attached hydrogen (secondary N) is 1. The molecule has 2 aromatic carbocycles. The van der Waals surface area contributed by atoms with E-state index < -0.39 is 10.0 Å². The van der Waals surface area contributed by atoms with Gasteiger partial charge in [-0.15, -0.1) is 0 Å². The highest BCUT2D eigenvalue weighted by Crippen LogP contribution is 2.24. The number of rotatable bonds is 4. The summed E-state index contributed by atoms with van der Waals surface area (Å²) in [6, 6.07) is 9.60. The Bertz CT molecular complexity index is 718. The van der Waals surface area contributed by atoms with Gasteiger partial charge in [0.05, 0.1) is 14.9 Å². The predicted octanol–water partition coefficient (Wildman–Crippen LogP) is 3.61. The summed E-state index contributed by atoms with van der Waals surface area (Å²) in [6.45, 7) is 0.0584. The van der Waals surface area contributed by atoms with Crippen LogP contribution in [0.3, 0.4) is 0 Å². The second kappa shape index (κ2) is 6.10. The van der Waals surface area contributed by atoms with Crippen LogP contribution in [-0.2, 0) is 16.6 Å². The Morgan fingerprint density at radius 2 is 1.65 bits per heavy atom. The van der Waals surface area contributed by atoms with Crippen LogP contribution in [0.2, 0.25) is 10.0 Å². The van der Waals surface area contributed by atoms with E-state index in [9.17, 15) is 12.8 Å². The van der Waals surface area contributed by atoms with Gasteiger partial charge >= 0.3 is 0 Å². The zero-order chi connectivity index (χ0) is 14.8. The fourth-order valence-electron chi connectivity index (χ4n) is 1.51. The summed E-state index contributed by atoms with van der Waals surface area (Å²) in [5.41, 5.74) is 0.648. The Hall–Kier alpha value is -1.14. The number of sulfonamides is 1. The van der Waals surface area contributed by atoms with Gasteiger partial charge in [-0.3, -0.25) is 0 Å². The molecule has 0 heterocycles. The van der Waals surface area contributed by atoms with Crippen LogP contribution < -0.4 is 4.72 Å². The Morgan fingerprint density at radius 1 is 1.00 bits per heavy atom. The maximum Gasteiger partial charge on any atom is 0.240 e. The summed E-state index contributed by atoms with van der Waals surface area (Å²) in [5, 5.41) is 0.445. The van der Waals surface area contributed by atoms with Crippen molar-refractivity contribution in [1.29, 1.82) is 0 Å².